The molecule has 0 heterocycles. The number of phosphoric ester groups is 1. The molecule has 4 N–H and O–H groups in total. The molecule has 0 aromatic heterocycles. The number of aliphatic hydroxyl groups is 1. The lowest BCUT2D eigenvalue weighted by molar-refractivity contribution is -0.147. The smallest absolute Gasteiger partial charge is 0.472 e. The maximum absolute atomic E-state index is 12.4. The van der Waals surface area contributed by atoms with E-state index >= 15 is 0 Å². The molecule has 11 nitrogen and oxygen atoms in total. The third-order valence-corrected chi connectivity index (χ3v) is 11.3. The average molecular weight is 882 g/mol. The van der Waals surface area contributed by atoms with Gasteiger partial charge in [-0.25, -0.2) is 9.36 Å². The number of rotatable bonds is 45. The maximum Gasteiger partial charge on any atom is 0.472 e. The highest BCUT2D eigenvalue weighted by Gasteiger charge is 2.28. The molecule has 0 aliphatic carbocycles. The first kappa shape index (κ1) is 58.4. The zero-order valence-corrected chi connectivity index (χ0v) is 39.4. The van der Waals surface area contributed by atoms with E-state index in [1.165, 1.54) is 89.9 Å². The molecule has 12 heteroatoms. The zero-order valence-electron chi connectivity index (χ0n) is 38.5. The molecule has 0 radical (unpaired) electrons. The van der Waals surface area contributed by atoms with E-state index in [9.17, 15) is 34.1 Å². The molecule has 0 aliphatic rings. The molecule has 1 amide bonds. The summed E-state index contributed by atoms with van der Waals surface area (Å²) < 4.78 is 26.9. The van der Waals surface area contributed by atoms with Crippen molar-refractivity contribution in [2.75, 3.05) is 19.8 Å². The number of carboxylic acid groups (broad SMARTS) is 1. The number of nitrogens with one attached hydrogen (secondary N) is 1. The molecule has 3 unspecified atom stereocenters. The van der Waals surface area contributed by atoms with E-state index in [4.69, 9.17) is 13.8 Å². The zero-order chi connectivity index (χ0) is 44.9. The summed E-state index contributed by atoms with van der Waals surface area (Å²) >= 11 is 0. The molecule has 0 aromatic rings. The number of carboxylic acids is 1. The van der Waals surface area contributed by atoms with Crippen molar-refractivity contribution in [1.82, 2.24) is 5.32 Å². The topological polar surface area (TPSA) is 169 Å². The molecule has 0 saturated heterocycles. The van der Waals surface area contributed by atoms with Crippen molar-refractivity contribution in [3.05, 3.63) is 48.6 Å². The predicted octanol–water partition coefficient (Wildman–Crippen LogP) is 13.0. The maximum atomic E-state index is 12.4. The fourth-order valence-corrected chi connectivity index (χ4v) is 7.37. The van der Waals surface area contributed by atoms with Crippen molar-refractivity contribution in [2.24, 2.45) is 0 Å². The standard InChI is InChI=1S/C49H88NO10P/c1-3-5-7-9-11-13-15-17-19-20-21-22-23-24-25-26-27-28-30-32-34-36-38-40-47(52)50-46(49(54)55)44-60-61(56,57)59-43-45(51)42-58-48(53)41-39-37-35-33-31-29-18-16-14-12-10-8-6-4-2/h11,13,17,19,21-22,24-25,45-46,51H,3-10,12,14-16,18,20,23,26-44H2,1-2H3,(H,50,52)(H,54,55)(H,56,57)/b13-11-,19-17-,22-21-,25-24-. The van der Waals surface area contributed by atoms with Crippen molar-refractivity contribution in [3.8, 4) is 0 Å². The fourth-order valence-electron chi connectivity index (χ4n) is 6.59. The molecule has 0 aromatic carbocycles. The third kappa shape index (κ3) is 43.9. The van der Waals surface area contributed by atoms with E-state index in [-0.39, 0.29) is 12.8 Å². The van der Waals surface area contributed by atoms with Crippen LogP contribution in [0.3, 0.4) is 0 Å². The summed E-state index contributed by atoms with van der Waals surface area (Å²) in [6.45, 7) is 2.57. The van der Waals surface area contributed by atoms with Crippen molar-refractivity contribution in [1.29, 1.82) is 0 Å². The SMILES string of the molecule is CCCCC/C=C\C/C=C\C/C=C\C/C=C\CCCCCCCCCC(=O)NC(COP(=O)(O)OCC(O)COC(=O)CCCCCCCCCCCCCCCC)C(=O)O. The van der Waals surface area contributed by atoms with Crippen molar-refractivity contribution in [2.45, 2.75) is 225 Å². The lowest BCUT2D eigenvalue weighted by atomic mass is 10.0. The van der Waals surface area contributed by atoms with Gasteiger partial charge >= 0.3 is 19.8 Å². The summed E-state index contributed by atoms with van der Waals surface area (Å²) in [4.78, 5) is 46.0. The van der Waals surface area contributed by atoms with E-state index in [2.05, 4.69) is 67.8 Å². The van der Waals surface area contributed by atoms with Gasteiger partial charge in [-0.1, -0.05) is 191 Å². The number of aliphatic carboxylic acids is 1. The normalized spacial score (nSPS) is 14.0. The first-order chi connectivity index (χ1) is 29.6. The minimum absolute atomic E-state index is 0.132. The third-order valence-electron chi connectivity index (χ3n) is 10.4. The fraction of sp³-hybridized carbons (Fsp3) is 0.776. The van der Waals surface area contributed by atoms with E-state index < -0.39 is 57.6 Å². The Balaban J connectivity index is 3.89. The van der Waals surface area contributed by atoms with E-state index in [1.54, 1.807) is 0 Å². The molecule has 0 rings (SSSR count). The lowest BCUT2D eigenvalue weighted by Gasteiger charge is -2.18. The number of allylic oxidation sites excluding steroid dienone is 8. The van der Waals surface area contributed by atoms with E-state index in [1.807, 2.05) is 0 Å². The van der Waals surface area contributed by atoms with Crippen LogP contribution in [0.15, 0.2) is 48.6 Å². The summed E-state index contributed by atoms with van der Waals surface area (Å²) in [5, 5.41) is 21.9. The highest BCUT2D eigenvalue weighted by molar-refractivity contribution is 7.47. The van der Waals surface area contributed by atoms with Crippen LogP contribution in [0, 0.1) is 0 Å². The Morgan fingerprint density at radius 3 is 1.38 bits per heavy atom. The Kier molecular flexibility index (Phi) is 42.2. The Morgan fingerprint density at radius 2 is 0.902 bits per heavy atom. The average Bonchev–Trinajstić information content (AvgIpc) is 3.24. The Labute approximate surface area is 371 Å². The monoisotopic (exact) mass is 882 g/mol. The van der Waals surface area contributed by atoms with Gasteiger partial charge in [-0.3, -0.25) is 18.6 Å². The number of hydrogen-bond acceptors (Lipinski definition) is 8. The van der Waals surface area contributed by atoms with Crippen molar-refractivity contribution >= 4 is 25.7 Å². The van der Waals surface area contributed by atoms with Gasteiger partial charge in [0.15, 0.2) is 6.04 Å². The Morgan fingerprint density at radius 1 is 0.525 bits per heavy atom. The van der Waals surface area contributed by atoms with Gasteiger partial charge in [-0.15, -0.1) is 0 Å². The van der Waals surface area contributed by atoms with Crippen LogP contribution in [0.5, 0.6) is 0 Å². The molecule has 0 saturated carbocycles. The van der Waals surface area contributed by atoms with Crippen LogP contribution >= 0.6 is 7.82 Å². The summed E-state index contributed by atoms with van der Waals surface area (Å²) in [6.07, 6.45) is 49.8. The van der Waals surface area contributed by atoms with Gasteiger partial charge < -0.3 is 25.2 Å². The molecule has 0 spiro atoms. The lowest BCUT2D eigenvalue weighted by Crippen LogP contribution is -2.43. The number of amides is 1. The molecule has 354 valence electrons. The Hall–Kier alpha value is -2.56. The van der Waals surface area contributed by atoms with Gasteiger partial charge in [-0.05, 0) is 57.8 Å². The van der Waals surface area contributed by atoms with Gasteiger partial charge in [0.25, 0.3) is 0 Å². The highest BCUT2D eigenvalue weighted by Crippen LogP contribution is 2.43. The molecular formula is C49H88NO10P. The van der Waals surface area contributed by atoms with E-state index in [0.717, 1.165) is 83.5 Å². The first-order valence-electron chi connectivity index (χ1n) is 24.2. The van der Waals surface area contributed by atoms with Crippen LogP contribution in [-0.4, -0.2) is 64.9 Å². The minimum atomic E-state index is -4.76. The number of esters is 1. The first-order valence-corrected chi connectivity index (χ1v) is 25.7. The van der Waals surface area contributed by atoms with Crippen LogP contribution in [0.4, 0.5) is 0 Å². The van der Waals surface area contributed by atoms with Gasteiger partial charge in [0.05, 0.1) is 13.2 Å². The van der Waals surface area contributed by atoms with Crippen LogP contribution in [0.1, 0.15) is 213 Å². The number of carbonyl (C=O) groups is 3. The summed E-state index contributed by atoms with van der Waals surface area (Å²) in [5.41, 5.74) is 0. The van der Waals surface area contributed by atoms with Gasteiger partial charge in [0.1, 0.15) is 12.7 Å². The number of ether oxygens (including phenoxy) is 1. The molecule has 3 atom stereocenters. The van der Waals surface area contributed by atoms with Crippen LogP contribution < -0.4 is 5.32 Å². The minimum Gasteiger partial charge on any atom is -0.480 e. The molecule has 0 fully saturated rings. The van der Waals surface area contributed by atoms with Gasteiger partial charge in [-0.2, -0.15) is 0 Å². The second-order valence-corrected chi connectivity index (χ2v) is 17.8. The van der Waals surface area contributed by atoms with Gasteiger partial charge in [0, 0.05) is 12.8 Å². The van der Waals surface area contributed by atoms with Gasteiger partial charge in [0.2, 0.25) is 5.91 Å². The summed E-state index contributed by atoms with van der Waals surface area (Å²) in [6, 6.07) is -1.55. The molecular weight excluding hydrogens is 794 g/mol. The largest absolute Gasteiger partial charge is 0.480 e. The van der Waals surface area contributed by atoms with Crippen molar-refractivity contribution in [3.63, 3.8) is 0 Å². The number of aliphatic hydroxyl groups excluding tert-OH is 1. The molecule has 0 bridgehead atoms. The second-order valence-electron chi connectivity index (χ2n) is 16.3. The van der Waals surface area contributed by atoms with Crippen LogP contribution in [0.2, 0.25) is 0 Å². The highest BCUT2D eigenvalue weighted by atomic mass is 31.2. The van der Waals surface area contributed by atoms with Crippen LogP contribution in [0.25, 0.3) is 0 Å². The predicted molar refractivity (Wildman–Crippen MR) is 249 cm³/mol. The number of phosphoric acid groups is 1. The number of unbranched alkanes of at least 4 members (excludes halogenated alkanes) is 23. The second kappa shape index (κ2) is 44.1. The molecule has 0 aliphatic heterocycles. The Bertz CT molecular complexity index is 1220. The summed E-state index contributed by atoms with van der Waals surface area (Å²) in [7, 11) is -4.76. The quantitative estimate of drug-likeness (QED) is 0.0200. The van der Waals surface area contributed by atoms with E-state index in [0.29, 0.717) is 12.8 Å². The summed E-state index contributed by atoms with van der Waals surface area (Å²) in [5.74, 6) is -2.38. The molecule has 61 heavy (non-hydrogen) atoms. The van der Waals surface area contributed by atoms with Crippen molar-refractivity contribution < 1.29 is 47.8 Å². The number of carbonyl (C=O) groups excluding carboxylic acids is 2. The van der Waals surface area contributed by atoms with Crippen LogP contribution in [-0.2, 0) is 32.7 Å². The number of hydrogen-bond donors (Lipinski definition) is 4.